The standard InChI is InChI=1S/C11H17Cl2N3O3S/c1-11(17,7-16(2)3)6-15-20(18,19)8-4-9(12)10(13)14-5-8/h4-5,15,17H,6-7H2,1-3H3. The zero-order valence-corrected chi connectivity index (χ0v) is 13.7. The van der Waals surface area contributed by atoms with Gasteiger partial charge in [0.15, 0.2) is 0 Å². The lowest BCUT2D eigenvalue weighted by Crippen LogP contribution is -2.47. The molecule has 1 aromatic rings. The van der Waals surface area contributed by atoms with Crippen LogP contribution in [0.1, 0.15) is 6.92 Å². The van der Waals surface area contributed by atoms with Crippen LogP contribution in [0, 0.1) is 0 Å². The Morgan fingerprint density at radius 3 is 2.55 bits per heavy atom. The van der Waals surface area contributed by atoms with Crippen LogP contribution in [0.5, 0.6) is 0 Å². The molecule has 0 spiro atoms. The van der Waals surface area contributed by atoms with Crippen molar-refractivity contribution in [2.75, 3.05) is 27.2 Å². The average Bonchev–Trinajstić information content (AvgIpc) is 2.29. The first kappa shape index (κ1) is 17.6. The van der Waals surface area contributed by atoms with Crippen LogP contribution in [0.2, 0.25) is 10.2 Å². The Morgan fingerprint density at radius 2 is 2.05 bits per heavy atom. The molecule has 0 saturated heterocycles. The maximum atomic E-state index is 12.1. The van der Waals surface area contributed by atoms with Crippen molar-refractivity contribution >= 4 is 33.2 Å². The van der Waals surface area contributed by atoms with Gasteiger partial charge in [0.25, 0.3) is 0 Å². The minimum atomic E-state index is -3.80. The molecule has 20 heavy (non-hydrogen) atoms. The maximum absolute atomic E-state index is 12.1. The van der Waals surface area contributed by atoms with Crippen LogP contribution in [0.25, 0.3) is 0 Å². The summed E-state index contributed by atoms with van der Waals surface area (Å²) in [7, 11) is -0.235. The van der Waals surface area contributed by atoms with Crippen LogP contribution in [-0.4, -0.2) is 56.2 Å². The number of sulfonamides is 1. The van der Waals surface area contributed by atoms with Crippen molar-refractivity contribution in [1.29, 1.82) is 0 Å². The highest BCUT2D eigenvalue weighted by Crippen LogP contribution is 2.22. The molecule has 6 nitrogen and oxygen atoms in total. The summed E-state index contributed by atoms with van der Waals surface area (Å²) in [5, 5.41) is 10.1. The van der Waals surface area contributed by atoms with E-state index in [0.717, 1.165) is 6.20 Å². The number of halogens is 2. The second kappa shape index (κ2) is 6.55. The van der Waals surface area contributed by atoms with Crippen molar-refractivity contribution in [3.63, 3.8) is 0 Å². The normalized spacial score (nSPS) is 15.3. The molecule has 2 N–H and O–H groups in total. The number of aromatic nitrogens is 1. The first-order valence-electron chi connectivity index (χ1n) is 5.71. The van der Waals surface area contributed by atoms with Crippen molar-refractivity contribution in [3.05, 3.63) is 22.4 Å². The Morgan fingerprint density at radius 1 is 1.45 bits per heavy atom. The van der Waals surface area contributed by atoms with Gasteiger partial charge in [-0.1, -0.05) is 23.2 Å². The summed E-state index contributed by atoms with van der Waals surface area (Å²) in [6.45, 7) is 1.73. The third-order valence-electron chi connectivity index (χ3n) is 2.38. The highest BCUT2D eigenvalue weighted by Gasteiger charge is 2.25. The summed E-state index contributed by atoms with van der Waals surface area (Å²) >= 11 is 11.4. The summed E-state index contributed by atoms with van der Waals surface area (Å²) in [6, 6.07) is 1.21. The Kier molecular flexibility index (Phi) is 5.77. The van der Waals surface area contributed by atoms with Gasteiger partial charge >= 0.3 is 0 Å². The summed E-state index contributed by atoms with van der Waals surface area (Å²) in [6.07, 6.45) is 1.11. The minimum Gasteiger partial charge on any atom is -0.387 e. The quantitative estimate of drug-likeness (QED) is 0.753. The third-order valence-corrected chi connectivity index (χ3v) is 4.44. The van der Waals surface area contributed by atoms with E-state index in [-0.39, 0.29) is 21.6 Å². The van der Waals surface area contributed by atoms with E-state index in [1.807, 2.05) is 0 Å². The fraction of sp³-hybridized carbons (Fsp3) is 0.545. The van der Waals surface area contributed by atoms with Crippen molar-refractivity contribution in [2.24, 2.45) is 0 Å². The number of pyridine rings is 1. The van der Waals surface area contributed by atoms with Crippen LogP contribution in [0.3, 0.4) is 0 Å². The van der Waals surface area contributed by atoms with Gasteiger partial charge in [0.1, 0.15) is 10.0 Å². The van der Waals surface area contributed by atoms with Gasteiger partial charge in [-0.3, -0.25) is 0 Å². The van der Waals surface area contributed by atoms with Crippen molar-refractivity contribution in [1.82, 2.24) is 14.6 Å². The molecule has 1 rings (SSSR count). The number of rotatable bonds is 6. The molecule has 0 aliphatic rings. The minimum absolute atomic E-state index is 0.0326. The molecule has 0 aliphatic heterocycles. The molecular weight excluding hydrogens is 325 g/mol. The van der Waals surface area contributed by atoms with E-state index >= 15 is 0 Å². The summed E-state index contributed by atoms with van der Waals surface area (Å²) in [5.41, 5.74) is -1.19. The highest BCUT2D eigenvalue weighted by molar-refractivity contribution is 7.89. The summed E-state index contributed by atoms with van der Waals surface area (Å²) < 4.78 is 26.4. The zero-order chi connectivity index (χ0) is 15.6. The highest BCUT2D eigenvalue weighted by atomic mass is 35.5. The van der Waals surface area contributed by atoms with E-state index in [1.165, 1.54) is 6.07 Å². The van der Waals surface area contributed by atoms with Gasteiger partial charge in [0, 0.05) is 19.3 Å². The topological polar surface area (TPSA) is 82.5 Å². The smallest absolute Gasteiger partial charge is 0.242 e. The van der Waals surface area contributed by atoms with Gasteiger partial charge in [0.2, 0.25) is 10.0 Å². The molecule has 1 atom stereocenters. The van der Waals surface area contributed by atoms with Gasteiger partial charge in [-0.15, -0.1) is 0 Å². The van der Waals surface area contributed by atoms with E-state index in [0.29, 0.717) is 6.54 Å². The van der Waals surface area contributed by atoms with E-state index in [2.05, 4.69) is 9.71 Å². The Bertz CT molecular complexity index is 576. The number of nitrogens with zero attached hydrogens (tertiary/aromatic N) is 2. The molecule has 1 aromatic heterocycles. The van der Waals surface area contributed by atoms with E-state index in [4.69, 9.17) is 23.2 Å². The molecule has 0 radical (unpaired) electrons. The van der Waals surface area contributed by atoms with Crippen molar-refractivity contribution < 1.29 is 13.5 Å². The molecule has 0 bridgehead atoms. The Labute approximate surface area is 128 Å². The number of nitrogens with one attached hydrogen (secondary N) is 1. The largest absolute Gasteiger partial charge is 0.387 e. The fourth-order valence-electron chi connectivity index (χ4n) is 1.62. The van der Waals surface area contributed by atoms with Crippen LogP contribution in [0.15, 0.2) is 17.2 Å². The monoisotopic (exact) mass is 341 g/mol. The lowest BCUT2D eigenvalue weighted by molar-refractivity contribution is 0.0386. The van der Waals surface area contributed by atoms with Crippen LogP contribution >= 0.6 is 23.2 Å². The number of hydrogen-bond donors (Lipinski definition) is 2. The molecular formula is C11H17Cl2N3O3S. The predicted octanol–water partition coefficient (Wildman–Crippen LogP) is 0.979. The maximum Gasteiger partial charge on any atom is 0.242 e. The lowest BCUT2D eigenvalue weighted by Gasteiger charge is -2.26. The third kappa shape index (κ3) is 5.16. The van der Waals surface area contributed by atoms with Gasteiger partial charge in [-0.05, 0) is 27.1 Å². The second-order valence-electron chi connectivity index (χ2n) is 5.00. The van der Waals surface area contributed by atoms with Gasteiger partial charge in [0.05, 0.1) is 10.6 Å². The molecule has 114 valence electrons. The molecule has 0 aromatic carbocycles. The Balaban J connectivity index is 2.82. The first-order valence-corrected chi connectivity index (χ1v) is 7.95. The van der Waals surface area contributed by atoms with E-state index in [1.54, 1.807) is 25.9 Å². The average molecular weight is 342 g/mol. The van der Waals surface area contributed by atoms with Gasteiger partial charge < -0.3 is 10.0 Å². The van der Waals surface area contributed by atoms with E-state index in [9.17, 15) is 13.5 Å². The molecule has 0 saturated carbocycles. The Hall–Kier alpha value is -0.440. The molecule has 0 fully saturated rings. The SMILES string of the molecule is CN(C)CC(C)(O)CNS(=O)(=O)c1cnc(Cl)c(Cl)c1. The summed E-state index contributed by atoms with van der Waals surface area (Å²) in [5.74, 6) is 0. The van der Waals surface area contributed by atoms with Crippen LogP contribution in [-0.2, 0) is 10.0 Å². The molecule has 0 amide bonds. The molecule has 9 heteroatoms. The lowest BCUT2D eigenvalue weighted by atomic mass is 10.1. The van der Waals surface area contributed by atoms with E-state index < -0.39 is 15.6 Å². The van der Waals surface area contributed by atoms with Crippen LogP contribution < -0.4 is 4.72 Å². The predicted molar refractivity (Wildman–Crippen MR) is 78.6 cm³/mol. The van der Waals surface area contributed by atoms with Crippen molar-refractivity contribution in [3.8, 4) is 0 Å². The summed E-state index contributed by atoms with van der Waals surface area (Å²) in [4.78, 5) is 5.34. The number of aliphatic hydroxyl groups is 1. The molecule has 1 heterocycles. The van der Waals surface area contributed by atoms with Crippen molar-refractivity contribution in [2.45, 2.75) is 17.4 Å². The second-order valence-corrected chi connectivity index (χ2v) is 7.54. The number of likely N-dealkylation sites (N-methyl/N-ethyl adjacent to an activating group) is 1. The molecule has 1 unspecified atom stereocenters. The zero-order valence-electron chi connectivity index (χ0n) is 11.4. The fourth-order valence-corrected chi connectivity index (χ4v) is 3.09. The first-order chi connectivity index (χ1) is 9.03. The van der Waals surface area contributed by atoms with Crippen LogP contribution in [0.4, 0.5) is 0 Å². The van der Waals surface area contributed by atoms with Gasteiger partial charge in [-0.2, -0.15) is 0 Å². The number of hydrogen-bond acceptors (Lipinski definition) is 5. The molecule has 0 aliphatic carbocycles. The van der Waals surface area contributed by atoms with Gasteiger partial charge in [-0.25, -0.2) is 18.1 Å².